The van der Waals surface area contributed by atoms with Gasteiger partial charge in [-0.15, -0.1) is 0 Å². The minimum absolute atomic E-state index is 0.0585. The molecule has 0 saturated carbocycles. The molecule has 9 heteroatoms. The number of nitrogens with one attached hydrogen (secondary N) is 2. The Morgan fingerprint density at radius 1 is 1.00 bits per heavy atom. The van der Waals surface area contributed by atoms with Crippen LogP contribution in [0.4, 0.5) is 15.2 Å². The van der Waals surface area contributed by atoms with E-state index in [1.165, 1.54) is 47.7 Å². The summed E-state index contributed by atoms with van der Waals surface area (Å²) in [5.74, 6) is -0.869. The molecule has 4 rings (SSSR count). The first-order valence-electron chi connectivity index (χ1n) is 8.87. The van der Waals surface area contributed by atoms with E-state index in [2.05, 4.69) is 15.0 Å². The summed E-state index contributed by atoms with van der Waals surface area (Å²) in [5.41, 5.74) is 2.57. The van der Waals surface area contributed by atoms with Crippen molar-refractivity contribution in [1.29, 1.82) is 0 Å². The topological polar surface area (TPSA) is 88.2 Å². The van der Waals surface area contributed by atoms with Crippen LogP contribution in [0.3, 0.4) is 0 Å². The van der Waals surface area contributed by atoms with Crippen molar-refractivity contribution in [1.82, 2.24) is 4.98 Å². The molecule has 6 nitrogen and oxygen atoms in total. The highest BCUT2D eigenvalue weighted by atomic mass is 32.2. The van der Waals surface area contributed by atoms with Crippen LogP contribution in [0.25, 0.3) is 10.2 Å². The van der Waals surface area contributed by atoms with Crippen LogP contribution >= 0.6 is 11.3 Å². The summed E-state index contributed by atoms with van der Waals surface area (Å²) in [5, 5.41) is 3.25. The van der Waals surface area contributed by atoms with Gasteiger partial charge in [-0.2, -0.15) is 0 Å². The Hall–Kier alpha value is -3.30. The summed E-state index contributed by atoms with van der Waals surface area (Å²) in [4.78, 5) is 16.8. The molecule has 0 bridgehead atoms. The number of fused-ring (bicyclic) bond motifs is 1. The number of aryl methyl sites for hydroxylation is 1. The van der Waals surface area contributed by atoms with E-state index >= 15 is 0 Å². The zero-order valence-electron chi connectivity index (χ0n) is 15.7. The van der Waals surface area contributed by atoms with Crippen molar-refractivity contribution in [2.75, 3.05) is 10.0 Å². The molecule has 0 aliphatic rings. The van der Waals surface area contributed by atoms with Gasteiger partial charge in [-0.1, -0.05) is 17.4 Å². The van der Waals surface area contributed by atoms with E-state index in [4.69, 9.17) is 0 Å². The van der Waals surface area contributed by atoms with Crippen molar-refractivity contribution in [3.63, 3.8) is 0 Å². The third kappa shape index (κ3) is 4.32. The zero-order chi connectivity index (χ0) is 21.3. The molecule has 1 aromatic heterocycles. The molecule has 0 spiro atoms. The van der Waals surface area contributed by atoms with Gasteiger partial charge in [0.1, 0.15) is 5.82 Å². The third-order valence-corrected chi connectivity index (χ3v) is 6.62. The maximum atomic E-state index is 13.0. The predicted molar refractivity (Wildman–Crippen MR) is 116 cm³/mol. The number of benzene rings is 3. The number of amides is 1. The number of hydrogen-bond donors (Lipinski definition) is 2. The van der Waals surface area contributed by atoms with E-state index in [1.807, 2.05) is 25.1 Å². The molecule has 0 saturated heterocycles. The van der Waals surface area contributed by atoms with Gasteiger partial charge in [0, 0.05) is 11.3 Å². The highest BCUT2D eigenvalue weighted by molar-refractivity contribution is 7.92. The fourth-order valence-corrected chi connectivity index (χ4v) is 4.79. The second-order valence-corrected chi connectivity index (χ2v) is 9.29. The minimum atomic E-state index is -3.86. The van der Waals surface area contributed by atoms with E-state index in [0.717, 1.165) is 27.9 Å². The lowest BCUT2D eigenvalue weighted by Crippen LogP contribution is -2.14. The monoisotopic (exact) mass is 441 g/mol. The maximum absolute atomic E-state index is 13.0. The molecule has 3 aromatic carbocycles. The number of nitrogens with zero attached hydrogens (tertiary/aromatic N) is 1. The molecular weight excluding hydrogens is 425 g/mol. The first-order chi connectivity index (χ1) is 14.3. The van der Waals surface area contributed by atoms with Crippen molar-refractivity contribution in [2.45, 2.75) is 11.8 Å². The van der Waals surface area contributed by atoms with Gasteiger partial charge in [-0.25, -0.2) is 17.8 Å². The number of halogens is 1. The lowest BCUT2D eigenvalue weighted by atomic mass is 10.2. The number of carbonyl (C=O) groups excluding carboxylic acids is 1. The van der Waals surface area contributed by atoms with Crippen molar-refractivity contribution in [2.24, 2.45) is 0 Å². The summed E-state index contributed by atoms with van der Waals surface area (Å²) in [6.07, 6.45) is 0. The fraction of sp³-hybridized carbons (Fsp3) is 0.0476. The Morgan fingerprint density at radius 2 is 1.70 bits per heavy atom. The highest BCUT2D eigenvalue weighted by Gasteiger charge is 2.15. The van der Waals surface area contributed by atoms with E-state index < -0.39 is 15.8 Å². The normalized spacial score (nSPS) is 11.4. The first kappa shape index (κ1) is 20.0. The number of carbonyl (C=O) groups is 1. The number of aromatic nitrogens is 1. The lowest BCUT2D eigenvalue weighted by Gasteiger charge is -2.09. The van der Waals surface area contributed by atoms with E-state index in [0.29, 0.717) is 10.7 Å². The van der Waals surface area contributed by atoms with Crippen LogP contribution < -0.4 is 10.0 Å². The minimum Gasteiger partial charge on any atom is -0.298 e. The van der Waals surface area contributed by atoms with Crippen molar-refractivity contribution < 1.29 is 17.6 Å². The lowest BCUT2D eigenvalue weighted by molar-refractivity contribution is 0.102. The summed E-state index contributed by atoms with van der Waals surface area (Å²) >= 11 is 1.38. The third-order valence-electron chi connectivity index (χ3n) is 4.29. The molecule has 1 heterocycles. The Kier molecular flexibility index (Phi) is 5.23. The molecule has 30 heavy (non-hydrogen) atoms. The average molecular weight is 442 g/mol. The average Bonchev–Trinajstić information content (AvgIpc) is 3.09. The number of hydrogen-bond acceptors (Lipinski definition) is 5. The van der Waals surface area contributed by atoms with Crippen molar-refractivity contribution in [3.8, 4) is 0 Å². The quantitative estimate of drug-likeness (QED) is 0.466. The molecule has 0 unspecified atom stereocenters. The largest absolute Gasteiger partial charge is 0.298 e. The maximum Gasteiger partial charge on any atom is 0.261 e. The molecule has 4 aromatic rings. The highest BCUT2D eigenvalue weighted by Crippen LogP contribution is 2.27. The Bertz CT molecular complexity index is 1330. The molecule has 0 atom stereocenters. The molecule has 0 fully saturated rings. The second-order valence-electron chi connectivity index (χ2n) is 6.58. The summed E-state index contributed by atoms with van der Waals surface area (Å²) in [6.45, 7) is 1.99. The fourth-order valence-electron chi connectivity index (χ4n) is 2.77. The van der Waals surface area contributed by atoms with Crippen LogP contribution in [0.2, 0.25) is 0 Å². The SMILES string of the molecule is Cc1ccc2nc(NC(=O)c3ccc(NS(=O)(=O)c4ccc(F)cc4)cc3)sc2c1. The molecular formula is C21H16FN3O3S2. The van der Waals surface area contributed by atoms with E-state index in [-0.39, 0.29) is 16.5 Å². The standard InChI is InChI=1S/C21H16FN3O3S2/c1-13-2-11-18-19(12-13)29-21(23-18)24-20(26)14-3-7-16(8-4-14)25-30(27,28)17-9-5-15(22)6-10-17/h2-12,25H,1H3,(H,23,24,26). The van der Waals surface area contributed by atoms with Gasteiger partial charge in [0.15, 0.2) is 5.13 Å². The van der Waals surface area contributed by atoms with Crippen LogP contribution in [-0.4, -0.2) is 19.3 Å². The van der Waals surface area contributed by atoms with Gasteiger partial charge < -0.3 is 0 Å². The number of anilines is 2. The van der Waals surface area contributed by atoms with Crippen LogP contribution in [0.1, 0.15) is 15.9 Å². The summed E-state index contributed by atoms with van der Waals surface area (Å²) in [7, 11) is -3.86. The van der Waals surface area contributed by atoms with Crippen molar-refractivity contribution in [3.05, 3.63) is 83.7 Å². The van der Waals surface area contributed by atoms with Gasteiger partial charge in [0.2, 0.25) is 0 Å². The van der Waals surface area contributed by atoms with E-state index in [9.17, 15) is 17.6 Å². The summed E-state index contributed by atoms with van der Waals surface area (Å²) in [6, 6.07) is 16.4. The van der Waals surface area contributed by atoms with Gasteiger partial charge in [-0.3, -0.25) is 14.8 Å². The Balaban J connectivity index is 1.47. The number of thiazole rings is 1. The van der Waals surface area contributed by atoms with Gasteiger partial charge in [0.05, 0.1) is 15.1 Å². The Labute approximate surface area is 176 Å². The smallest absolute Gasteiger partial charge is 0.261 e. The number of sulfonamides is 1. The molecule has 0 aliphatic heterocycles. The van der Waals surface area contributed by atoms with Crippen LogP contribution in [0.15, 0.2) is 71.6 Å². The van der Waals surface area contributed by atoms with E-state index in [1.54, 1.807) is 0 Å². The molecule has 152 valence electrons. The van der Waals surface area contributed by atoms with Crippen LogP contribution in [0.5, 0.6) is 0 Å². The number of rotatable bonds is 5. The molecule has 0 aliphatic carbocycles. The van der Waals surface area contributed by atoms with Crippen molar-refractivity contribution >= 4 is 48.3 Å². The predicted octanol–water partition coefficient (Wildman–Crippen LogP) is 4.80. The summed E-state index contributed by atoms with van der Waals surface area (Å²) < 4.78 is 41.1. The zero-order valence-corrected chi connectivity index (χ0v) is 17.4. The van der Waals surface area contributed by atoms with Gasteiger partial charge >= 0.3 is 0 Å². The second kappa shape index (κ2) is 7.85. The van der Waals surface area contributed by atoms with Gasteiger partial charge in [-0.05, 0) is 73.2 Å². The Morgan fingerprint density at radius 3 is 2.40 bits per heavy atom. The first-order valence-corrected chi connectivity index (χ1v) is 11.2. The molecule has 1 amide bonds. The van der Waals surface area contributed by atoms with Crippen LogP contribution in [-0.2, 0) is 10.0 Å². The van der Waals surface area contributed by atoms with Gasteiger partial charge in [0.25, 0.3) is 15.9 Å². The van der Waals surface area contributed by atoms with Crippen LogP contribution in [0, 0.1) is 12.7 Å². The molecule has 0 radical (unpaired) electrons. The molecule has 2 N–H and O–H groups in total.